The average molecular weight is 319 g/mol. The Hall–Kier alpha value is -2.11. The van der Waals surface area contributed by atoms with E-state index in [-0.39, 0.29) is 17.0 Å². The van der Waals surface area contributed by atoms with Gasteiger partial charge in [-0.25, -0.2) is 0 Å². The lowest BCUT2D eigenvalue weighted by atomic mass is 10.0. The summed E-state index contributed by atoms with van der Waals surface area (Å²) in [6, 6.07) is 9.04. The smallest absolute Gasteiger partial charge is 0.262 e. The van der Waals surface area contributed by atoms with Crippen molar-refractivity contribution in [2.45, 2.75) is 6.92 Å². The summed E-state index contributed by atoms with van der Waals surface area (Å²) in [6.07, 6.45) is 0. The molecule has 0 fully saturated rings. The van der Waals surface area contributed by atoms with Crippen LogP contribution in [0.25, 0.3) is 21.8 Å². The number of nitrogens with zero attached hydrogens (tertiary/aromatic N) is 1. The van der Waals surface area contributed by atoms with Crippen LogP contribution in [0.2, 0.25) is 5.02 Å². The Labute approximate surface area is 129 Å². The molecule has 0 aliphatic heterocycles. The van der Waals surface area contributed by atoms with E-state index in [1.807, 2.05) is 25.1 Å². The summed E-state index contributed by atoms with van der Waals surface area (Å²) in [5.74, 6) is 0.0271. The van der Waals surface area contributed by atoms with Crippen molar-refractivity contribution in [1.29, 1.82) is 0 Å². The highest BCUT2D eigenvalue weighted by atomic mass is 35.5. The van der Waals surface area contributed by atoms with Gasteiger partial charge in [-0.05, 0) is 24.1 Å². The number of halogens is 1. The maximum absolute atomic E-state index is 12.3. The number of H-pyrrole nitrogens is 1. The number of benzene rings is 1. The van der Waals surface area contributed by atoms with Crippen molar-refractivity contribution in [3.63, 3.8) is 0 Å². The standard InChI is InChI=1S/C15H11ClN2O2S/c1-8-4-2-3-5-10(8)12-14(19)17-13(18-15(12)20)11-6-9(16)7-21-11/h2-7H,1H3,(H2,17,18,19,20). The van der Waals surface area contributed by atoms with Crippen LogP contribution in [0.4, 0.5) is 0 Å². The quantitative estimate of drug-likeness (QED) is 0.754. The van der Waals surface area contributed by atoms with Gasteiger partial charge >= 0.3 is 0 Å². The van der Waals surface area contributed by atoms with Gasteiger partial charge in [0.05, 0.1) is 9.90 Å². The largest absolute Gasteiger partial charge is 0.493 e. The predicted octanol–water partition coefficient (Wildman–Crippen LogP) is 3.83. The van der Waals surface area contributed by atoms with E-state index < -0.39 is 0 Å². The zero-order valence-corrected chi connectivity index (χ0v) is 12.6. The SMILES string of the molecule is Cc1ccccc1-c1c(O)nc(-c2cc(Cl)cs2)[nH]c1=O. The van der Waals surface area contributed by atoms with E-state index in [9.17, 15) is 9.90 Å². The highest BCUT2D eigenvalue weighted by molar-refractivity contribution is 7.14. The Morgan fingerprint density at radius 2 is 2.10 bits per heavy atom. The Morgan fingerprint density at radius 3 is 2.71 bits per heavy atom. The molecule has 106 valence electrons. The molecule has 3 aromatic rings. The number of rotatable bonds is 2. The minimum atomic E-state index is -0.378. The summed E-state index contributed by atoms with van der Waals surface area (Å²) in [7, 11) is 0. The Kier molecular flexibility index (Phi) is 3.53. The summed E-state index contributed by atoms with van der Waals surface area (Å²) in [5, 5.41) is 12.5. The van der Waals surface area contributed by atoms with E-state index in [0.717, 1.165) is 5.56 Å². The van der Waals surface area contributed by atoms with Crippen LogP contribution in [0.1, 0.15) is 5.56 Å². The molecule has 0 spiro atoms. The number of aromatic amines is 1. The molecule has 2 N–H and O–H groups in total. The Bertz CT molecular complexity index is 870. The topological polar surface area (TPSA) is 66.0 Å². The fraction of sp³-hybridized carbons (Fsp3) is 0.0667. The van der Waals surface area contributed by atoms with Crippen molar-refractivity contribution in [1.82, 2.24) is 9.97 Å². The third kappa shape index (κ3) is 2.57. The van der Waals surface area contributed by atoms with E-state index in [1.165, 1.54) is 11.3 Å². The molecule has 4 nitrogen and oxygen atoms in total. The van der Waals surface area contributed by atoms with Crippen molar-refractivity contribution in [3.8, 4) is 27.7 Å². The fourth-order valence-electron chi connectivity index (χ4n) is 2.11. The summed E-state index contributed by atoms with van der Waals surface area (Å²) in [5.41, 5.74) is 1.36. The van der Waals surface area contributed by atoms with Crippen LogP contribution in [0.15, 0.2) is 40.5 Å². The molecule has 0 saturated carbocycles. The van der Waals surface area contributed by atoms with Gasteiger partial charge in [0.2, 0.25) is 5.88 Å². The van der Waals surface area contributed by atoms with Crippen LogP contribution < -0.4 is 5.56 Å². The first kappa shape index (κ1) is 13.9. The van der Waals surface area contributed by atoms with Crippen molar-refractivity contribution >= 4 is 22.9 Å². The zero-order chi connectivity index (χ0) is 15.0. The Balaban J connectivity index is 2.18. The molecule has 0 amide bonds. The van der Waals surface area contributed by atoms with Crippen LogP contribution in [0, 0.1) is 6.92 Å². The van der Waals surface area contributed by atoms with Gasteiger partial charge in [0.15, 0.2) is 5.82 Å². The van der Waals surface area contributed by atoms with Crippen LogP contribution >= 0.6 is 22.9 Å². The molecule has 0 aliphatic carbocycles. The van der Waals surface area contributed by atoms with Gasteiger partial charge < -0.3 is 10.1 Å². The van der Waals surface area contributed by atoms with Crippen LogP contribution in [0.3, 0.4) is 0 Å². The molecular weight excluding hydrogens is 308 g/mol. The summed E-state index contributed by atoms with van der Waals surface area (Å²) < 4.78 is 0. The van der Waals surface area contributed by atoms with E-state index in [4.69, 9.17) is 11.6 Å². The highest BCUT2D eigenvalue weighted by Gasteiger charge is 2.16. The number of thiophene rings is 1. The lowest BCUT2D eigenvalue weighted by Gasteiger charge is -2.07. The molecule has 0 atom stereocenters. The van der Waals surface area contributed by atoms with Crippen LogP contribution in [-0.4, -0.2) is 15.1 Å². The first-order valence-corrected chi connectivity index (χ1v) is 7.45. The van der Waals surface area contributed by atoms with Gasteiger partial charge in [-0.3, -0.25) is 4.79 Å². The predicted molar refractivity (Wildman–Crippen MR) is 85.0 cm³/mol. The summed E-state index contributed by atoms with van der Waals surface area (Å²) >= 11 is 7.22. The second kappa shape index (κ2) is 5.35. The average Bonchev–Trinajstić information content (AvgIpc) is 2.87. The number of hydrogen-bond acceptors (Lipinski definition) is 4. The van der Waals surface area contributed by atoms with Crippen molar-refractivity contribution in [3.05, 3.63) is 56.7 Å². The molecule has 0 radical (unpaired) electrons. The number of aryl methyl sites for hydroxylation is 1. The molecule has 1 aromatic carbocycles. The monoisotopic (exact) mass is 318 g/mol. The Morgan fingerprint density at radius 1 is 1.33 bits per heavy atom. The first-order chi connectivity index (χ1) is 10.1. The van der Waals surface area contributed by atoms with E-state index in [1.54, 1.807) is 17.5 Å². The van der Waals surface area contributed by atoms with Crippen LogP contribution in [-0.2, 0) is 0 Å². The first-order valence-electron chi connectivity index (χ1n) is 6.20. The molecule has 3 rings (SSSR count). The van der Waals surface area contributed by atoms with Gasteiger partial charge in [-0.1, -0.05) is 35.9 Å². The molecule has 21 heavy (non-hydrogen) atoms. The van der Waals surface area contributed by atoms with Crippen molar-refractivity contribution < 1.29 is 5.11 Å². The second-order valence-electron chi connectivity index (χ2n) is 4.56. The van der Waals surface area contributed by atoms with Gasteiger partial charge in [-0.15, -0.1) is 11.3 Å². The summed E-state index contributed by atoms with van der Waals surface area (Å²) in [6.45, 7) is 1.88. The molecule has 0 saturated heterocycles. The normalized spacial score (nSPS) is 10.8. The minimum Gasteiger partial charge on any atom is -0.493 e. The van der Waals surface area contributed by atoms with Gasteiger partial charge in [0.25, 0.3) is 5.56 Å². The maximum Gasteiger partial charge on any atom is 0.262 e. The third-order valence-electron chi connectivity index (χ3n) is 3.12. The molecule has 2 aromatic heterocycles. The van der Waals surface area contributed by atoms with Crippen LogP contribution in [0.5, 0.6) is 5.88 Å². The highest BCUT2D eigenvalue weighted by Crippen LogP contribution is 2.31. The molecule has 2 heterocycles. The number of hydrogen-bond donors (Lipinski definition) is 2. The minimum absolute atomic E-state index is 0.180. The maximum atomic E-state index is 12.3. The molecule has 0 unspecified atom stereocenters. The number of aromatic hydroxyl groups is 1. The van der Waals surface area contributed by atoms with Gasteiger partial charge in [0.1, 0.15) is 5.56 Å². The van der Waals surface area contributed by atoms with E-state index >= 15 is 0 Å². The fourth-order valence-corrected chi connectivity index (χ4v) is 3.13. The van der Waals surface area contributed by atoms with Gasteiger partial charge in [-0.2, -0.15) is 4.98 Å². The zero-order valence-electron chi connectivity index (χ0n) is 11.1. The van der Waals surface area contributed by atoms with E-state index in [2.05, 4.69) is 9.97 Å². The molecule has 0 bridgehead atoms. The third-order valence-corrected chi connectivity index (χ3v) is 4.40. The van der Waals surface area contributed by atoms with Crippen molar-refractivity contribution in [2.24, 2.45) is 0 Å². The molecule has 6 heteroatoms. The molecular formula is C15H11ClN2O2S. The lowest BCUT2D eigenvalue weighted by Crippen LogP contribution is -2.12. The number of aromatic nitrogens is 2. The second-order valence-corrected chi connectivity index (χ2v) is 5.90. The van der Waals surface area contributed by atoms with E-state index in [0.29, 0.717) is 21.3 Å². The number of nitrogens with one attached hydrogen (secondary N) is 1. The van der Waals surface area contributed by atoms with Crippen molar-refractivity contribution in [2.75, 3.05) is 0 Å². The lowest BCUT2D eigenvalue weighted by molar-refractivity contribution is 0.454. The van der Waals surface area contributed by atoms with Gasteiger partial charge in [0, 0.05) is 5.38 Å². The molecule has 0 aliphatic rings. The summed E-state index contributed by atoms with van der Waals surface area (Å²) in [4.78, 5) is 19.8.